The molecule has 0 aliphatic carbocycles. The van der Waals surface area contributed by atoms with Crippen LogP contribution in [0.25, 0.3) is 0 Å². The Hall–Kier alpha value is -0.110. The standard InChI is InChI=1S/C21H43FO/c1-3-19-23-20-17-15-13-11-9-7-5-4-6-8-10-12-14-16-18-21(2)22/h21H,3-20H2,1-2H3. The Morgan fingerprint density at radius 2 is 1.00 bits per heavy atom. The van der Waals surface area contributed by atoms with Gasteiger partial charge in [-0.2, -0.15) is 0 Å². The van der Waals surface area contributed by atoms with Crippen LogP contribution in [0, 0.1) is 0 Å². The lowest BCUT2D eigenvalue weighted by Gasteiger charge is -2.04. The summed E-state index contributed by atoms with van der Waals surface area (Å²) < 4.78 is 18.1. The van der Waals surface area contributed by atoms with Crippen LogP contribution in [0.5, 0.6) is 0 Å². The van der Waals surface area contributed by atoms with Gasteiger partial charge in [-0.15, -0.1) is 0 Å². The third-order valence-electron chi connectivity index (χ3n) is 4.49. The average molecular weight is 331 g/mol. The Morgan fingerprint density at radius 3 is 1.39 bits per heavy atom. The van der Waals surface area contributed by atoms with E-state index >= 15 is 0 Å². The van der Waals surface area contributed by atoms with Crippen LogP contribution >= 0.6 is 0 Å². The van der Waals surface area contributed by atoms with Crippen LogP contribution in [0.1, 0.15) is 117 Å². The van der Waals surface area contributed by atoms with Crippen molar-refractivity contribution in [3.8, 4) is 0 Å². The second-order valence-corrected chi connectivity index (χ2v) is 7.13. The topological polar surface area (TPSA) is 9.23 Å². The van der Waals surface area contributed by atoms with Crippen LogP contribution in [0.3, 0.4) is 0 Å². The maximum absolute atomic E-state index is 12.6. The van der Waals surface area contributed by atoms with Gasteiger partial charge in [0.2, 0.25) is 0 Å². The lowest BCUT2D eigenvalue weighted by atomic mass is 10.0. The van der Waals surface area contributed by atoms with Crippen LogP contribution in [0.15, 0.2) is 0 Å². The van der Waals surface area contributed by atoms with Crippen molar-refractivity contribution in [2.45, 2.75) is 123 Å². The minimum atomic E-state index is -0.607. The van der Waals surface area contributed by atoms with E-state index in [0.29, 0.717) is 0 Å². The summed E-state index contributed by atoms with van der Waals surface area (Å²) in [6.07, 6.45) is 20.0. The molecule has 0 aromatic rings. The molecule has 0 saturated heterocycles. The van der Waals surface area contributed by atoms with E-state index in [-0.39, 0.29) is 0 Å². The Labute approximate surface area is 145 Å². The first-order chi connectivity index (χ1) is 11.3. The van der Waals surface area contributed by atoms with Crippen molar-refractivity contribution in [2.24, 2.45) is 0 Å². The molecule has 0 aliphatic rings. The third kappa shape index (κ3) is 21.9. The molecule has 1 unspecified atom stereocenters. The second kappa shape index (κ2) is 19.9. The van der Waals surface area contributed by atoms with Gasteiger partial charge in [-0.05, 0) is 26.2 Å². The van der Waals surface area contributed by atoms with Crippen LogP contribution in [-0.2, 0) is 4.74 Å². The van der Waals surface area contributed by atoms with E-state index in [1.54, 1.807) is 6.92 Å². The van der Waals surface area contributed by atoms with Gasteiger partial charge in [-0.25, -0.2) is 4.39 Å². The molecule has 0 amide bonds. The Bertz CT molecular complexity index is 206. The van der Waals surface area contributed by atoms with Gasteiger partial charge in [0.05, 0.1) is 6.17 Å². The first kappa shape index (κ1) is 22.9. The minimum absolute atomic E-state index is 0.607. The van der Waals surface area contributed by atoms with Gasteiger partial charge < -0.3 is 4.74 Å². The van der Waals surface area contributed by atoms with Crippen molar-refractivity contribution in [1.82, 2.24) is 0 Å². The number of hydrogen-bond donors (Lipinski definition) is 0. The smallest absolute Gasteiger partial charge is 0.0973 e. The largest absolute Gasteiger partial charge is 0.381 e. The summed E-state index contributed by atoms with van der Waals surface area (Å²) >= 11 is 0. The summed E-state index contributed by atoms with van der Waals surface area (Å²) in [5.74, 6) is 0. The molecule has 0 rings (SSSR count). The summed E-state index contributed by atoms with van der Waals surface area (Å²) in [6, 6.07) is 0. The average Bonchev–Trinajstić information content (AvgIpc) is 2.53. The normalized spacial score (nSPS) is 12.7. The highest BCUT2D eigenvalue weighted by atomic mass is 19.1. The molecule has 140 valence electrons. The number of rotatable bonds is 19. The van der Waals surface area contributed by atoms with Crippen molar-refractivity contribution in [1.29, 1.82) is 0 Å². The number of alkyl halides is 1. The fourth-order valence-corrected chi connectivity index (χ4v) is 3.00. The molecule has 0 saturated carbocycles. The van der Waals surface area contributed by atoms with Crippen molar-refractivity contribution in [2.75, 3.05) is 13.2 Å². The fourth-order valence-electron chi connectivity index (χ4n) is 3.00. The van der Waals surface area contributed by atoms with E-state index in [4.69, 9.17) is 4.74 Å². The first-order valence-corrected chi connectivity index (χ1v) is 10.5. The maximum atomic E-state index is 12.6. The van der Waals surface area contributed by atoms with Gasteiger partial charge in [-0.3, -0.25) is 0 Å². The van der Waals surface area contributed by atoms with E-state index in [0.717, 1.165) is 32.5 Å². The lowest BCUT2D eigenvalue weighted by molar-refractivity contribution is 0.130. The number of unbranched alkanes of at least 4 members (excludes halogenated alkanes) is 13. The minimum Gasteiger partial charge on any atom is -0.381 e. The quantitative estimate of drug-likeness (QED) is 0.221. The van der Waals surface area contributed by atoms with E-state index in [9.17, 15) is 4.39 Å². The highest BCUT2D eigenvalue weighted by Gasteiger charge is 1.97. The van der Waals surface area contributed by atoms with E-state index in [1.807, 2.05) is 0 Å². The number of halogens is 1. The zero-order valence-corrected chi connectivity index (χ0v) is 16.1. The molecule has 0 aromatic carbocycles. The molecule has 0 N–H and O–H groups in total. The van der Waals surface area contributed by atoms with Gasteiger partial charge in [0.15, 0.2) is 0 Å². The second-order valence-electron chi connectivity index (χ2n) is 7.13. The third-order valence-corrected chi connectivity index (χ3v) is 4.49. The van der Waals surface area contributed by atoms with Gasteiger partial charge in [0, 0.05) is 13.2 Å². The van der Waals surface area contributed by atoms with Crippen molar-refractivity contribution in [3.63, 3.8) is 0 Å². The molecule has 0 bridgehead atoms. The van der Waals surface area contributed by atoms with E-state index < -0.39 is 6.17 Å². The molecule has 1 nitrogen and oxygen atoms in total. The number of ether oxygens (including phenoxy) is 1. The monoisotopic (exact) mass is 330 g/mol. The molecule has 0 spiro atoms. The molecule has 23 heavy (non-hydrogen) atoms. The Kier molecular flexibility index (Phi) is 19.8. The number of hydrogen-bond acceptors (Lipinski definition) is 1. The van der Waals surface area contributed by atoms with Crippen LogP contribution in [0.4, 0.5) is 4.39 Å². The molecular weight excluding hydrogens is 287 g/mol. The van der Waals surface area contributed by atoms with Crippen LogP contribution in [0.2, 0.25) is 0 Å². The summed E-state index contributed by atoms with van der Waals surface area (Å²) in [5.41, 5.74) is 0. The summed E-state index contributed by atoms with van der Waals surface area (Å²) in [4.78, 5) is 0. The van der Waals surface area contributed by atoms with Gasteiger partial charge in [0.25, 0.3) is 0 Å². The lowest BCUT2D eigenvalue weighted by Crippen LogP contribution is -1.95. The molecule has 0 fully saturated rings. The van der Waals surface area contributed by atoms with E-state index in [2.05, 4.69) is 6.92 Å². The summed E-state index contributed by atoms with van der Waals surface area (Å²) in [7, 11) is 0. The highest BCUT2D eigenvalue weighted by molar-refractivity contribution is 4.51. The summed E-state index contributed by atoms with van der Waals surface area (Å²) in [5, 5.41) is 0. The van der Waals surface area contributed by atoms with Gasteiger partial charge in [0.1, 0.15) is 0 Å². The predicted molar refractivity (Wildman–Crippen MR) is 101 cm³/mol. The SMILES string of the molecule is CCCOCCCCCCCCCCCCCCCCC(C)F. The van der Waals surface area contributed by atoms with Crippen molar-refractivity contribution in [3.05, 3.63) is 0 Å². The maximum Gasteiger partial charge on any atom is 0.0973 e. The Morgan fingerprint density at radius 1 is 0.609 bits per heavy atom. The van der Waals surface area contributed by atoms with Gasteiger partial charge >= 0.3 is 0 Å². The fraction of sp³-hybridized carbons (Fsp3) is 1.00. The molecule has 0 radical (unpaired) electrons. The molecule has 0 aliphatic heterocycles. The van der Waals surface area contributed by atoms with Crippen molar-refractivity contribution >= 4 is 0 Å². The zero-order valence-electron chi connectivity index (χ0n) is 16.1. The van der Waals surface area contributed by atoms with E-state index in [1.165, 1.54) is 83.5 Å². The predicted octanol–water partition coefficient (Wildman–Crippen LogP) is 7.62. The summed E-state index contributed by atoms with van der Waals surface area (Å²) in [6.45, 7) is 5.72. The first-order valence-electron chi connectivity index (χ1n) is 10.5. The van der Waals surface area contributed by atoms with Gasteiger partial charge in [-0.1, -0.05) is 90.4 Å². The molecule has 2 heteroatoms. The molecule has 0 heterocycles. The highest BCUT2D eigenvalue weighted by Crippen LogP contribution is 2.14. The Balaban J connectivity index is 2.95. The zero-order chi connectivity index (χ0) is 17.0. The molecule has 0 aromatic heterocycles. The van der Waals surface area contributed by atoms with Crippen molar-refractivity contribution < 1.29 is 9.13 Å². The molecular formula is C21H43FO. The van der Waals surface area contributed by atoms with Crippen LogP contribution in [-0.4, -0.2) is 19.4 Å². The van der Waals surface area contributed by atoms with Crippen LogP contribution < -0.4 is 0 Å². The molecule has 1 atom stereocenters.